The molecule has 0 aliphatic carbocycles. The molecule has 0 aliphatic rings. The second-order valence-electron chi connectivity index (χ2n) is 2.39. The minimum absolute atomic E-state index is 0.0353. The Morgan fingerprint density at radius 3 is 2.71 bits per heavy atom. The Labute approximate surface area is 79.9 Å². The van der Waals surface area contributed by atoms with E-state index in [2.05, 4.69) is 4.74 Å². The molecule has 0 spiro atoms. The van der Waals surface area contributed by atoms with Crippen molar-refractivity contribution in [2.24, 2.45) is 0 Å². The highest BCUT2D eigenvalue weighted by Crippen LogP contribution is 2.23. The van der Waals surface area contributed by atoms with Crippen LogP contribution in [0.25, 0.3) is 0 Å². The average Bonchev–Trinajstić information content (AvgIpc) is 2.16. The molecule has 0 saturated carbocycles. The maximum absolute atomic E-state index is 10.5. The van der Waals surface area contributed by atoms with Gasteiger partial charge in [-0.05, 0) is 12.1 Å². The van der Waals surface area contributed by atoms with Crippen LogP contribution in [-0.4, -0.2) is 24.7 Å². The summed E-state index contributed by atoms with van der Waals surface area (Å²) in [6.45, 7) is 0. The SMILES string of the molecule is COc1ccc(C=O)c(OC(=O)O)c1. The largest absolute Gasteiger partial charge is 0.511 e. The van der Waals surface area contributed by atoms with Gasteiger partial charge in [-0.3, -0.25) is 4.79 Å². The Kier molecular flexibility index (Phi) is 3.06. The molecule has 0 radical (unpaired) electrons. The van der Waals surface area contributed by atoms with Gasteiger partial charge in [-0.15, -0.1) is 0 Å². The monoisotopic (exact) mass is 196 g/mol. The summed E-state index contributed by atoms with van der Waals surface area (Å²) in [5.41, 5.74) is 0.160. The van der Waals surface area contributed by atoms with Gasteiger partial charge in [-0.1, -0.05) is 0 Å². The zero-order valence-electron chi connectivity index (χ0n) is 7.39. The molecule has 74 valence electrons. The molecule has 1 rings (SSSR count). The quantitative estimate of drug-likeness (QED) is 0.451. The number of methoxy groups -OCH3 is 1. The fourth-order valence-electron chi connectivity index (χ4n) is 0.921. The van der Waals surface area contributed by atoms with E-state index in [0.717, 1.165) is 0 Å². The lowest BCUT2D eigenvalue weighted by Crippen LogP contribution is -2.05. The summed E-state index contributed by atoms with van der Waals surface area (Å²) in [7, 11) is 1.43. The molecule has 0 atom stereocenters. The molecule has 5 heteroatoms. The number of carboxylic acid groups (broad SMARTS) is 1. The molecule has 0 fully saturated rings. The van der Waals surface area contributed by atoms with Crippen LogP contribution in [0, 0.1) is 0 Å². The van der Waals surface area contributed by atoms with Crippen LogP contribution in [-0.2, 0) is 0 Å². The van der Waals surface area contributed by atoms with Gasteiger partial charge in [0.2, 0.25) is 0 Å². The van der Waals surface area contributed by atoms with E-state index in [1.54, 1.807) is 6.07 Å². The van der Waals surface area contributed by atoms with E-state index < -0.39 is 6.16 Å². The van der Waals surface area contributed by atoms with Crippen LogP contribution in [0.15, 0.2) is 18.2 Å². The Hall–Kier alpha value is -2.04. The van der Waals surface area contributed by atoms with E-state index in [4.69, 9.17) is 9.84 Å². The molecule has 0 aliphatic heterocycles. The van der Waals surface area contributed by atoms with Gasteiger partial charge >= 0.3 is 6.16 Å². The zero-order valence-corrected chi connectivity index (χ0v) is 7.39. The molecule has 0 saturated heterocycles. The lowest BCUT2D eigenvalue weighted by Gasteiger charge is -2.05. The van der Waals surface area contributed by atoms with Gasteiger partial charge in [-0.25, -0.2) is 4.79 Å². The van der Waals surface area contributed by atoms with Crippen LogP contribution >= 0.6 is 0 Å². The first-order valence-electron chi connectivity index (χ1n) is 3.71. The molecular weight excluding hydrogens is 188 g/mol. The van der Waals surface area contributed by atoms with Crippen molar-refractivity contribution >= 4 is 12.4 Å². The number of aldehydes is 1. The summed E-state index contributed by atoms with van der Waals surface area (Å²) >= 11 is 0. The highest BCUT2D eigenvalue weighted by molar-refractivity contribution is 5.81. The third kappa shape index (κ3) is 2.22. The second-order valence-corrected chi connectivity index (χ2v) is 2.39. The van der Waals surface area contributed by atoms with E-state index in [1.165, 1.54) is 19.2 Å². The summed E-state index contributed by atoms with van der Waals surface area (Å²) < 4.78 is 9.23. The summed E-state index contributed by atoms with van der Waals surface area (Å²) in [5.74, 6) is 0.388. The van der Waals surface area contributed by atoms with E-state index in [0.29, 0.717) is 12.0 Å². The molecule has 14 heavy (non-hydrogen) atoms. The minimum Gasteiger partial charge on any atom is -0.497 e. The molecule has 0 heterocycles. The van der Waals surface area contributed by atoms with E-state index in [1.807, 2.05) is 0 Å². The Bertz CT molecular complexity index is 358. The van der Waals surface area contributed by atoms with Gasteiger partial charge < -0.3 is 14.6 Å². The molecule has 5 nitrogen and oxygen atoms in total. The van der Waals surface area contributed by atoms with Crippen molar-refractivity contribution in [2.75, 3.05) is 7.11 Å². The molecule has 0 aromatic heterocycles. The number of carbonyl (C=O) groups excluding carboxylic acids is 1. The van der Waals surface area contributed by atoms with Gasteiger partial charge in [0.25, 0.3) is 0 Å². The summed E-state index contributed by atoms with van der Waals surface area (Å²) in [5, 5.41) is 8.37. The summed E-state index contributed by atoms with van der Waals surface area (Å²) in [6.07, 6.45) is -0.959. The highest BCUT2D eigenvalue weighted by atomic mass is 16.7. The second kappa shape index (κ2) is 4.27. The lowest BCUT2D eigenvalue weighted by molar-refractivity contribution is 0.111. The van der Waals surface area contributed by atoms with Crippen LogP contribution in [0.3, 0.4) is 0 Å². The predicted molar refractivity (Wildman–Crippen MR) is 47.0 cm³/mol. The first-order chi connectivity index (χ1) is 6.67. The van der Waals surface area contributed by atoms with Crippen LogP contribution in [0.2, 0.25) is 0 Å². The first-order valence-corrected chi connectivity index (χ1v) is 3.71. The van der Waals surface area contributed by atoms with Gasteiger partial charge in [0.15, 0.2) is 6.29 Å². The van der Waals surface area contributed by atoms with Gasteiger partial charge in [0, 0.05) is 6.07 Å². The summed E-state index contributed by atoms with van der Waals surface area (Å²) in [4.78, 5) is 20.8. The molecule has 0 bridgehead atoms. The number of rotatable bonds is 3. The van der Waals surface area contributed by atoms with E-state index in [-0.39, 0.29) is 11.3 Å². The number of hydrogen-bond donors (Lipinski definition) is 1. The smallest absolute Gasteiger partial charge is 0.497 e. The predicted octanol–water partition coefficient (Wildman–Crippen LogP) is 1.56. The normalized spacial score (nSPS) is 9.21. The number of hydrogen-bond acceptors (Lipinski definition) is 4. The molecule has 1 aromatic rings. The van der Waals surface area contributed by atoms with Crippen LogP contribution in [0.4, 0.5) is 4.79 Å². The third-order valence-corrected chi connectivity index (χ3v) is 1.54. The highest BCUT2D eigenvalue weighted by Gasteiger charge is 2.08. The summed E-state index contributed by atoms with van der Waals surface area (Å²) in [6, 6.07) is 4.29. The minimum atomic E-state index is -1.47. The van der Waals surface area contributed by atoms with Crippen molar-refractivity contribution in [3.05, 3.63) is 23.8 Å². The van der Waals surface area contributed by atoms with Crippen LogP contribution in [0.1, 0.15) is 10.4 Å². The van der Waals surface area contributed by atoms with E-state index in [9.17, 15) is 9.59 Å². The standard InChI is InChI=1S/C9H8O5/c1-13-7-3-2-6(5-10)8(4-7)14-9(11)12/h2-5H,1H3,(H,11,12). The molecule has 1 N–H and O–H groups in total. The molecule has 0 unspecified atom stereocenters. The van der Waals surface area contributed by atoms with Gasteiger partial charge in [0.1, 0.15) is 11.5 Å². The fourth-order valence-corrected chi connectivity index (χ4v) is 0.921. The van der Waals surface area contributed by atoms with E-state index >= 15 is 0 Å². The van der Waals surface area contributed by atoms with Crippen LogP contribution < -0.4 is 9.47 Å². The number of carbonyl (C=O) groups is 2. The fraction of sp³-hybridized carbons (Fsp3) is 0.111. The van der Waals surface area contributed by atoms with Crippen LogP contribution in [0.5, 0.6) is 11.5 Å². The zero-order chi connectivity index (χ0) is 10.6. The maximum atomic E-state index is 10.5. The molecule has 0 amide bonds. The number of ether oxygens (including phenoxy) is 2. The van der Waals surface area contributed by atoms with Crippen molar-refractivity contribution in [2.45, 2.75) is 0 Å². The van der Waals surface area contributed by atoms with Crippen molar-refractivity contribution in [1.29, 1.82) is 0 Å². The van der Waals surface area contributed by atoms with Crippen molar-refractivity contribution in [3.8, 4) is 11.5 Å². The van der Waals surface area contributed by atoms with Gasteiger partial charge in [-0.2, -0.15) is 0 Å². The maximum Gasteiger partial charge on any atom is 0.511 e. The lowest BCUT2D eigenvalue weighted by atomic mass is 10.2. The first kappa shape index (κ1) is 10.0. The Morgan fingerprint density at radius 2 is 2.21 bits per heavy atom. The Morgan fingerprint density at radius 1 is 1.50 bits per heavy atom. The third-order valence-electron chi connectivity index (χ3n) is 1.54. The Balaban J connectivity index is 3.07. The number of benzene rings is 1. The molecular formula is C9H8O5. The topological polar surface area (TPSA) is 72.8 Å². The van der Waals surface area contributed by atoms with Crippen molar-refractivity contribution in [3.63, 3.8) is 0 Å². The van der Waals surface area contributed by atoms with Crippen molar-refractivity contribution in [1.82, 2.24) is 0 Å². The van der Waals surface area contributed by atoms with Crippen molar-refractivity contribution < 1.29 is 24.2 Å². The average molecular weight is 196 g/mol. The molecule has 1 aromatic carbocycles. The van der Waals surface area contributed by atoms with Gasteiger partial charge in [0.05, 0.1) is 12.7 Å².